The van der Waals surface area contributed by atoms with Gasteiger partial charge in [-0.05, 0) is 72.7 Å². The Bertz CT molecular complexity index is 1230. The fraction of sp³-hybridized carbons (Fsp3) is 0.240. The standard InChI is InChI=1S/C25H24ClN3O2S2/c1-17-21(26)11-12-22-24(17)28-25(33-22)29(16-18-5-3-13-27-15-18)23(30)6-4-14-32-20-9-7-19(31-2)8-10-20/h3,5,7-13,15H,4,6,14,16H2,1-2H3. The molecule has 4 aromatic rings. The molecule has 0 spiro atoms. The summed E-state index contributed by atoms with van der Waals surface area (Å²) in [6.07, 6.45) is 4.73. The van der Waals surface area contributed by atoms with E-state index in [0.29, 0.717) is 23.1 Å². The van der Waals surface area contributed by atoms with Crippen molar-refractivity contribution in [2.45, 2.75) is 31.2 Å². The summed E-state index contributed by atoms with van der Waals surface area (Å²) in [4.78, 5) is 25.2. The molecule has 5 nitrogen and oxygen atoms in total. The summed E-state index contributed by atoms with van der Waals surface area (Å²) in [5.74, 6) is 1.75. The first-order chi connectivity index (χ1) is 16.0. The van der Waals surface area contributed by atoms with Crippen molar-refractivity contribution in [3.05, 3.63) is 77.1 Å². The van der Waals surface area contributed by atoms with Gasteiger partial charge >= 0.3 is 0 Å². The summed E-state index contributed by atoms with van der Waals surface area (Å²) in [6, 6.07) is 15.7. The van der Waals surface area contributed by atoms with Gasteiger partial charge in [0.25, 0.3) is 0 Å². The summed E-state index contributed by atoms with van der Waals surface area (Å²) >= 11 is 9.54. The maximum Gasteiger partial charge on any atom is 0.229 e. The van der Waals surface area contributed by atoms with Crippen molar-refractivity contribution in [3.8, 4) is 5.75 Å². The summed E-state index contributed by atoms with van der Waals surface area (Å²) in [7, 11) is 1.66. The number of thiazole rings is 1. The van der Waals surface area contributed by atoms with Crippen molar-refractivity contribution in [2.24, 2.45) is 0 Å². The largest absolute Gasteiger partial charge is 0.497 e. The Balaban J connectivity index is 1.47. The second-order valence-electron chi connectivity index (χ2n) is 7.48. The molecule has 33 heavy (non-hydrogen) atoms. The molecule has 0 unspecified atom stereocenters. The summed E-state index contributed by atoms with van der Waals surface area (Å²) in [5.41, 5.74) is 2.75. The molecule has 0 fully saturated rings. The van der Waals surface area contributed by atoms with Gasteiger partial charge in [-0.3, -0.25) is 14.7 Å². The van der Waals surface area contributed by atoms with Gasteiger partial charge in [0.05, 0.1) is 23.9 Å². The number of hydrogen-bond donors (Lipinski definition) is 0. The van der Waals surface area contributed by atoms with Crippen LogP contribution >= 0.6 is 34.7 Å². The number of rotatable bonds is 9. The highest BCUT2D eigenvalue weighted by Crippen LogP contribution is 2.34. The predicted molar refractivity (Wildman–Crippen MR) is 138 cm³/mol. The van der Waals surface area contributed by atoms with Crippen molar-refractivity contribution in [1.29, 1.82) is 0 Å². The molecule has 0 aliphatic rings. The molecular formula is C25H24ClN3O2S2. The lowest BCUT2D eigenvalue weighted by molar-refractivity contribution is -0.118. The van der Waals surface area contributed by atoms with E-state index < -0.39 is 0 Å². The van der Waals surface area contributed by atoms with Crippen molar-refractivity contribution < 1.29 is 9.53 Å². The van der Waals surface area contributed by atoms with Crippen LogP contribution in [0.3, 0.4) is 0 Å². The van der Waals surface area contributed by atoms with Crippen LogP contribution in [0.1, 0.15) is 24.0 Å². The smallest absolute Gasteiger partial charge is 0.229 e. The number of methoxy groups -OCH3 is 1. The number of anilines is 1. The Morgan fingerprint density at radius 1 is 1.18 bits per heavy atom. The third-order valence-corrected chi connectivity index (χ3v) is 7.75. The summed E-state index contributed by atoms with van der Waals surface area (Å²) in [6.45, 7) is 2.39. The molecule has 0 bridgehead atoms. The summed E-state index contributed by atoms with van der Waals surface area (Å²) < 4.78 is 6.22. The summed E-state index contributed by atoms with van der Waals surface area (Å²) in [5, 5.41) is 1.37. The second kappa shape index (κ2) is 11.0. The van der Waals surface area contributed by atoms with Gasteiger partial charge < -0.3 is 4.74 Å². The number of hydrogen-bond acceptors (Lipinski definition) is 6. The Morgan fingerprint density at radius 3 is 2.73 bits per heavy atom. The highest BCUT2D eigenvalue weighted by atomic mass is 35.5. The maximum absolute atomic E-state index is 13.3. The molecule has 0 saturated carbocycles. The van der Waals surface area contributed by atoms with E-state index in [2.05, 4.69) is 4.98 Å². The number of carbonyl (C=O) groups is 1. The van der Waals surface area contributed by atoms with Crippen molar-refractivity contribution in [3.63, 3.8) is 0 Å². The number of carbonyl (C=O) groups excluding carboxylic acids is 1. The Kier molecular flexibility index (Phi) is 7.85. The second-order valence-corrected chi connectivity index (χ2v) is 10.1. The van der Waals surface area contributed by atoms with Crippen LogP contribution < -0.4 is 9.64 Å². The van der Waals surface area contributed by atoms with Gasteiger partial charge in [0.1, 0.15) is 5.75 Å². The van der Waals surface area contributed by atoms with E-state index >= 15 is 0 Å². The number of fused-ring (bicyclic) bond motifs is 1. The van der Waals surface area contributed by atoms with Gasteiger partial charge in [-0.15, -0.1) is 11.8 Å². The fourth-order valence-electron chi connectivity index (χ4n) is 3.36. The molecule has 0 radical (unpaired) electrons. The lowest BCUT2D eigenvalue weighted by Gasteiger charge is -2.20. The zero-order chi connectivity index (χ0) is 23.2. The average Bonchev–Trinajstić information content (AvgIpc) is 3.28. The van der Waals surface area contributed by atoms with Gasteiger partial charge in [0.15, 0.2) is 5.13 Å². The van der Waals surface area contributed by atoms with Crippen LogP contribution in [0.2, 0.25) is 5.02 Å². The van der Waals surface area contributed by atoms with Crippen LogP contribution in [-0.2, 0) is 11.3 Å². The van der Waals surface area contributed by atoms with Crippen LogP contribution in [0.15, 0.2) is 65.8 Å². The molecule has 0 aliphatic carbocycles. The lowest BCUT2D eigenvalue weighted by Crippen LogP contribution is -2.30. The molecule has 8 heteroatoms. The van der Waals surface area contributed by atoms with E-state index in [9.17, 15) is 4.79 Å². The number of nitrogens with zero attached hydrogens (tertiary/aromatic N) is 3. The number of thioether (sulfide) groups is 1. The SMILES string of the molecule is COc1ccc(SCCCC(=O)N(Cc2cccnc2)c2nc3c(C)c(Cl)ccc3s2)cc1. The van der Waals surface area contributed by atoms with E-state index in [1.165, 1.54) is 11.3 Å². The minimum Gasteiger partial charge on any atom is -0.497 e. The Hall–Kier alpha value is -2.61. The number of benzene rings is 2. The number of pyridine rings is 1. The number of aromatic nitrogens is 2. The average molecular weight is 498 g/mol. The predicted octanol–water partition coefficient (Wildman–Crippen LogP) is 6.77. The van der Waals surface area contributed by atoms with Crippen LogP contribution in [0, 0.1) is 6.92 Å². The topological polar surface area (TPSA) is 55.3 Å². The lowest BCUT2D eigenvalue weighted by atomic mass is 10.2. The van der Waals surface area contributed by atoms with Crippen LogP contribution in [-0.4, -0.2) is 28.7 Å². The van der Waals surface area contributed by atoms with E-state index in [1.807, 2.05) is 55.5 Å². The number of ether oxygens (including phenoxy) is 1. The molecule has 4 rings (SSSR count). The zero-order valence-corrected chi connectivity index (χ0v) is 20.8. The number of amides is 1. The minimum atomic E-state index is 0.0528. The Morgan fingerprint density at radius 2 is 2.00 bits per heavy atom. The van der Waals surface area contributed by atoms with E-state index in [1.54, 1.807) is 36.2 Å². The monoisotopic (exact) mass is 497 g/mol. The van der Waals surface area contributed by atoms with Gasteiger partial charge in [-0.2, -0.15) is 0 Å². The third kappa shape index (κ3) is 5.85. The highest BCUT2D eigenvalue weighted by molar-refractivity contribution is 7.99. The molecule has 2 heterocycles. The first-order valence-corrected chi connectivity index (χ1v) is 12.7. The van der Waals surface area contributed by atoms with Gasteiger partial charge in [-0.25, -0.2) is 4.98 Å². The fourth-order valence-corrected chi connectivity index (χ4v) is 5.41. The van der Waals surface area contributed by atoms with Crippen molar-refractivity contribution in [1.82, 2.24) is 9.97 Å². The maximum atomic E-state index is 13.3. The molecular weight excluding hydrogens is 474 g/mol. The van der Waals surface area contributed by atoms with Crippen molar-refractivity contribution >= 4 is 56.0 Å². The zero-order valence-electron chi connectivity index (χ0n) is 18.5. The van der Waals surface area contributed by atoms with Crippen LogP contribution in [0.25, 0.3) is 10.2 Å². The molecule has 0 N–H and O–H groups in total. The first-order valence-electron chi connectivity index (χ1n) is 10.6. The highest BCUT2D eigenvalue weighted by Gasteiger charge is 2.21. The quantitative estimate of drug-likeness (QED) is 0.189. The van der Waals surface area contributed by atoms with Gasteiger partial charge in [-0.1, -0.05) is 29.0 Å². The van der Waals surface area contributed by atoms with Crippen molar-refractivity contribution in [2.75, 3.05) is 17.8 Å². The molecule has 0 atom stereocenters. The van der Waals surface area contributed by atoms with Crippen LogP contribution in [0.5, 0.6) is 5.75 Å². The normalized spacial score (nSPS) is 11.0. The van der Waals surface area contributed by atoms with Crippen LogP contribution in [0.4, 0.5) is 5.13 Å². The minimum absolute atomic E-state index is 0.0528. The van der Waals surface area contributed by atoms with E-state index in [-0.39, 0.29) is 5.91 Å². The van der Waals surface area contributed by atoms with E-state index in [4.69, 9.17) is 21.3 Å². The third-order valence-electron chi connectivity index (χ3n) is 5.20. The Labute approximate surface area is 206 Å². The molecule has 1 amide bonds. The first kappa shape index (κ1) is 23.5. The molecule has 0 saturated heterocycles. The molecule has 2 aromatic carbocycles. The van der Waals surface area contributed by atoms with Gasteiger partial charge in [0.2, 0.25) is 5.91 Å². The number of halogens is 1. The molecule has 2 aromatic heterocycles. The molecule has 170 valence electrons. The number of aryl methyl sites for hydroxylation is 1. The van der Waals surface area contributed by atoms with Gasteiger partial charge in [0, 0.05) is 28.7 Å². The molecule has 0 aliphatic heterocycles. The van der Waals surface area contributed by atoms with E-state index in [0.717, 1.165) is 44.2 Å².